The Balaban J connectivity index is 1.70. The number of benzene rings is 1. The number of phenols is 1. The van der Waals surface area contributed by atoms with Gasteiger partial charge in [-0.25, -0.2) is 0 Å². The van der Waals surface area contributed by atoms with Crippen LogP contribution in [0.2, 0.25) is 0 Å². The highest BCUT2D eigenvalue weighted by Crippen LogP contribution is 2.38. The summed E-state index contributed by atoms with van der Waals surface area (Å²) >= 11 is 0. The molecule has 2 heteroatoms. The molecule has 158 valence electrons. The van der Waals surface area contributed by atoms with Crippen molar-refractivity contribution in [1.82, 2.24) is 0 Å². The Kier molecular flexibility index (Phi) is 8.46. The molecule has 0 aromatic heterocycles. The molecule has 0 fully saturated rings. The van der Waals surface area contributed by atoms with Crippen LogP contribution in [0.25, 0.3) is 6.08 Å². The monoisotopic (exact) mass is 386 g/mol. The highest BCUT2D eigenvalue weighted by atomic mass is 16.5. The summed E-state index contributed by atoms with van der Waals surface area (Å²) in [6.07, 6.45) is 14.6. The second-order valence-corrected chi connectivity index (χ2v) is 9.93. The molecular weight excluding hydrogens is 344 g/mol. The lowest BCUT2D eigenvalue weighted by atomic mass is 9.89. The minimum Gasteiger partial charge on any atom is -0.508 e. The van der Waals surface area contributed by atoms with Gasteiger partial charge in [-0.3, -0.25) is 0 Å². The van der Waals surface area contributed by atoms with Gasteiger partial charge in [-0.05, 0) is 68.2 Å². The smallest absolute Gasteiger partial charge is 0.131 e. The molecule has 3 unspecified atom stereocenters. The van der Waals surface area contributed by atoms with Crippen molar-refractivity contribution in [3.8, 4) is 11.5 Å². The fourth-order valence-corrected chi connectivity index (χ4v) is 4.24. The maximum Gasteiger partial charge on any atom is 0.131 e. The molecule has 1 aliphatic heterocycles. The summed E-state index contributed by atoms with van der Waals surface area (Å²) < 4.78 is 6.35. The number of aromatic hydroxyl groups is 1. The summed E-state index contributed by atoms with van der Waals surface area (Å²) in [7, 11) is 0. The number of aryl methyl sites for hydroxylation is 1. The lowest BCUT2D eigenvalue weighted by molar-refractivity contribution is 0.121. The Morgan fingerprint density at radius 2 is 1.57 bits per heavy atom. The summed E-state index contributed by atoms with van der Waals surface area (Å²) in [5, 5.41) is 9.77. The first kappa shape index (κ1) is 22.8. The van der Waals surface area contributed by atoms with Gasteiger partial charge in [0.2, 0.25) is 0 Å². The van der Waals surface area contributed by atoms with E-state index in [1.807, 2.05) is 6.92 Å². The third-order valence-electron chi connectivity index (χ3n) is 6.24. The van der Waals surface area contributed by atoms with Crippen LogP contribution in [-0.4, -0.2) is 10.7 Å². The van der Waals surface area contributed by atoms with E-state index in [0.29, 0.717) is 5.75 Å². The SMILES string of the molecule is Cc1cc(O)cc2c1OC(C)(CCCC(C)CCCC(C)CCC(C)C)C=C2. The van der Waals surface area contributed by atoms with Crippen LogP contribution in [0.5, 0.6) is 11.5 Å². The minimum atomic E-state index is -0.236. The molecular formula is C26H42O2. The Bertz CT molecular complexity index is 646. The number of ether oxygens (including phenoxy) is 1. The van der Waals surface area contributed by atoms with Gasteiger partial charge in [-0.15, -0.1) is 0 Å². The summed E-state index contributed by atoms with van der Waals surface area (Å²) in [5.74, 6) is 3.73. The van der Waals surface area contributed by atoms with Crippen molar-refractivity contribution >= 4 is 6.08 Å². The topological polar surface area (TPSA) is 29.5 Å². The fourth-order valence-electron chi connectivity index (χ4n) is 4.24. The second-order valence-electron chi connectivity index (χ2n) is 9.93. The Labute approximate surface area is 173 Å². The number of hydrogen-bond donors (Lipinski definition) is 1. The van der Waals surface area contributed by atoms with Gasteiger partial charge in [0.1, 0.15) is 17.1 Å². The average Bonchev–Trinajstić information content (AvgIpc) is 2.61. The Hall–Kier alpha value is -1.44. The predicted octanol–water partition coefficient (Wildman–Crippen LogP) is 7.91. The molecule has 28 heavy (non-hydrogen) atoms. The number of phenolic OH excluding ortho intramolecular Hbond substituents is 1. The molecule has 3 atom stereocenters. The third-order valence-corrected chi connectivity index (χ3v) is 6.24. The van der Waals surface area contributed by atoms with Crippen LogP contribution < -0.4 is 4.74 Å². The highest BCUT2D eigenvalue weighted by molar-refractivity contribution is 5.65. The maximum absolute atomic E-state index is 9.77. The first-order valence-electron chi connectivity index (χ1n) is 11.4. The quantitative estimate of drug-likeness (QED) is 0.418. The zero-order chi connectivity index (χ0) is 20.7. The number of rotatable bonds is 11. The lowest BCUT2D eigenvalue weighted by Crippen LogP contribution is -2.32. The second kappa shape index (κ2) is 10.4. The van der Waals surface area contributed by atoms with Crippen molar-refractivity contribution in [1.29, 1.82) is 0 Å². The molecule has 0 spiro atoms. The van der Waals surface area contributed by atoms with E-state index in [2.05, 4.69) is 46.8 Å². The maximum atomic E-state index is 9.77. The van der Waals surface area contributed by atoms with E-state index in [9.17, 15) is 5.11 Å². The fraction of sp³-hybridized carbons (Fsp3) is 0.692. The van der Waals surface area contributed by atoms with E-state index in [4.69, 9.17) is 4.74 Å². The van der Waals surface area contributed by atoms with Gasteiger partial charge in [-0.2, -0.15) is 0 Å². The van der Waals surface area contributed by atoms with Crippen LogP contribution in [0.15, 0.2) is 18.2 Å². The first-order valence-corrected chi connectivity index (χ1v) is 11.4. The van der Waals surface area contributed by atoms with Crippen LogP contribution in [0.1, 0.15) is 97.1 Å². The van der Waals surface area contributed by atoms with E-state index in [1.165, 1.54) is 44.9 Å². The minimum absolute atomic E-state index is 0.236. The predicted molar refractivity (Wildman–Crippen MR) is 121 cm³/mol. The van der Waals surface area contributed by atoms with Gasteiger partial charge in [0, 0.05) is 5.56 Å². The third kappa shape index (κ3) is 7.18. The molecule has 1 aliphatic rings. The molecule has 1 aromatic carbocycles. The van der Waals surface area contributed by atoms with E-state index in [-0.39, 0.29) is 5.60 Å². The summed E-state index contributed by atoms with van der Waals surface area (Å²) in [5.41, 5.74) is 1.75. The van der Waals surface area contributed by atoms with E-state index < -0.39 is 0 Å². The molecule has 1 heterocycles. The van der Waals surface area contributed by atoms with Crippen LogP contribution in [-0.2, 0) is 0 Å². The average molecular weight is 387 g/mol. The standard InChI is InChI=1S/C26H42O2/c1-19(2)12-13-21(4)10-7-9-20(3)11-8-15-26(6)16-14-23-18-24(27)17-22(5)25(23)28-26/h14,16-21,27H,7-13,15H2,1-6H3. The highest BCUT2D eigenvalue weighted by Gasteiger charge is 2.28. The molecule has 1 N–H and O–H groups in total. The Morgan fingerprint density at radius 1 is 0.929 bits per heavy atom. The van der Waals surface area contributed by atoms with Crippen molar-refractivity contribution in [2.45, 2.75) is 98.5 Å². The number of hydrogen-bond acceptors (Lipinski definition) is 2. The van der Waals surface area contributed by atoms with Crippen molar-refractivity contribution < 1.29 is 9.84 Å². The van der Waals surface area contributed by atoms with Gasteiger partial charge in [0.15, 0.2) is 0 Å². The van der Waals surface area contributed by atoms with Gasteiger partial charge in [-0.1, -0.05) is 72.3 Å². The molecule has 1 aromatic rings. The van der Waals surface area contributed by atoms with E-state index >= 15 is 0 Å². The van der Waals surface area contributed by atoms with E-state index in [0.717, 1.165) is 41.1 Å². The molecule has 0 saturated heterocycles. The van der Waals surface area contributed by atoms with Crippen LogP contribution >= 0.6 is 0 Å². The molecule has 2 nitrogen and oxygen atoms in total. The molecule has 0 bridgehead atoms. The number of fused-ring (bicyclic) bond motifs is 1. The molecule has 0 saturated carbocycles. The van der Waals surface area contributed by atoms with Crippen LogP contribution in [0, 0.1) is 24.7 Å². The van der Waals surface area contributed by atoms with Gasteiger partial charge < -0.3 is 9.84 Å². The van der Waals surface area contributed by atoms with Crippen molar-refractivity contribution in [3.05, 3.63) is 29.3 Å². The first-order chi connectivity index (χ1) is 13.2. The Morgan fingerprint density at radius 3 is 2.25 bits per heavy atom. The zero-order valence-corrected chi connectivity index (χ0v) is 19.1. The van der Waals surface area contributed by atoms with Crippen molar-refractivity contribution in [2.75, 3.05) is 0 Å². The van der Waals surface area contributed by atoms with Gasteiger partial charge in [0.05, 0.1) is 0 Å². The molecule has 0 aliphatic carbocycles. The van der Waals surface area contributed by atoms with Crippen LogP contribution in [0.4, 0.5) is 0 Å². The van der Waals surface area contributed by atoms with Crippen LogP contribution in [0.3, 0.4) is 0 Å². The van der Waals surface area contributed by atoms with Gasteiger partial charge in [0.25, 0.3) is 0 Å². The molecule has 2 rings (SSSR count). The molecule has 0 radical (unpaired) electrons. The van der Waals surface area contributed by atoms with E-state index in [1.54, 1.807) is 12.1 Å². The van der Waals surface area contributed by atoms with Gasteiger partial charge >= 0.3 is 0 Å². The van der Waals surface area contributed by atoms with Crippen molar-refractivity contribution in [2.24, 2.45) is 17.8 Å². The summed E-state index contributed by atoms with van der Waals surface area (Å²) in [4.78, 5) is 0. The summed E-state index contributed by atoms with van der Waals surface area (Å²) in [6, 6.07) is 3.56. The molecule has 0 amide bonds. The zero-order valence-electron chi connectivity index (χ0n) is 19.1. The largest absolute Gasteiger partial charge is 0.508 e. The normalized spacial score (nSPS) is 20.7. The lowest BCUT2D eigenvalue weighted by Gasteiger charge is -2.33. The van der Waals surface area contributed by atoms with Crippen molar-refractivity contribution in [3.63, 3.8) is 0 Å². The summed E-state index contributed by atoms with van der Waals surface area (Å²) in [6.45, 7) is 13.7.